The van der Waals surface area contributed by atoms with E-state index in [0.717, 1.165) is 57.4 Å². The molecule has 0 saturated carbocycles. The molecule has 6 nitrogen and oxygen atoms in total. The molecule has 2 N–H and O–H groups in total. The van der Waals surface area contributed by atoms with E-state index in [9.17, 15) is 0 Å². The quantitative estimate of drug-likeness (QED) is 0.319. The molecule has 1 heterocycles. The summed E-state index contributed by atoms with van der Waals surface area (Å²) in [6.07, 6.45) is 4.93. The lowest BCUT2D eigenvalue weighted by Gasteiger charge is -2.29. The fourth-order valence-electron chi connectivity index (χ4n) is 3.98. The largest absolute Gasteiger partial charge is 0.497 e. The van der Waals surface area contributed by atoms with E-state index in [4.69, 9.17) is 4.74 Å². The molecule has 164 valence electrons. The monoisotopic (exact) mass is 403 g/mol. The van der Waals surface area contributed by atoms with Crippen LogP contribution in [0.4, 0.5) is 0 Å². The molecular weight excluding hydrogens is 362 g/mol. The number of unbranched alkanes of at least 4 members (excludes halogenated alkanes) is 1. The lowest BCUT2D eigenvalue weighted by atomic mass is 10.1. The van der Waals surface area contributed by atoms with Crippen LogP contribution in [-0.4, -0.2) is 75.7 Å². The second-order valence-corrected chi connectivity index (χ2v) is 7.65. The number of guanidine groups is 1. The number of likely N-dealkylation sites (tertiary alicyclic amines) is 1. The van der Waals surface area contributed by atoms with Crippen LogP contribution in [0.3, 0.4) is 0 Å². The molecule has 0 aromatic heterocycles. The second-order valence-electron chi connectivity index (χ2n) is 7.65. The summed E-state index contributed by atoms with van der Waals surface area (Å²) >= 11 is 0. The summed E-state index contributed by atoms with van der Waals surface area (Å²) in [5.41, 5.74) is 1.30. The van der Waals surface area contributed by atoms with E-state index in [1.807, 2.05) is 13.1 Å². The average Bonchev–Trinajstić information content (AvgIpc) is 3.29. The maximum Gasteiger partial charge on any atom is 0.191 e. The SMILES string of the molecule is CCN(CC)CCCCNC(=NC)NCC(c1cccc(OC)c1)N1CCCC1. The van der Waals surface area contributed by atoms with Gasteiger partial charge in [-0.3, -0.25) is 9.89 Å². The second kappa shape index (κ2) is 13.4. The first-order valence-electron chi connectivity index (χ1n) is 11.3. The normalized spacial score (nSPS) is 16.2. The van der Waals surface area contributed by atoms with Crippen LogP contribution in [0.25, 0.3) is 0 Å². The standard InChI is InChI=1S/C23H41N5O/c1-5-27(6-2)15-8-7-14-25-23(24-3)26-19-22(28-16-9-10-17-28)20-12-11-13-21(18-20)29-4/h11-13,18,22H,5-10,14-17,19H2,1-4H3,(H2,24,25,26). The number of rotatable bonds is 12. The molecule has 1 saturated heterocycles. The van der Waals surface area contributed by atoms with Gasteiger partial charge in [0.2, 0.25) is 0 Å². The molecule has 0 aliphatic carbocycles. The van der Waals surface area contributed by atoms with E-state index in [-0.39, 0.29) is 0 Å². The van der Waals surface area contributed by atoms with Crippen LogP contribution in [0.5, 0.6) is 5.75 Å². The Balaban J connectivity index is 1.84. The van der Waals surface area contributed by atoms with Gasteiger partial charge in [0.05, 0.1) is 13.2 Å². The molecule has 29 heavy (non-hydrogen) atoms. The third kappa shape index (κ3) is 7.86. The molecular formula is C23H41N5O. The van der Waals surface area contributed by atoms with Crippen molar-refractivity contribution in [3.05, 3.63) is 29.8 Å². The van der Waals surface area contributed by atoms with E-state index in [0.29, 0.717) is 6.04 Å². The van der Waals surface area contributed by atoms with Gasteiger partial charge in [-0.05, 0) is 76.1 Å². The number of nitrogens with zero attached hydrogens (tertiary/aromatic N) is 3. The molecule has 1 aliphatic rings. The Morgan fingerprint density at radius 1 is 1.17 bits per heavy atom. The first kappa shape index (κ1) is 23.5. The van der Waals surface area contributed by atoms with Crippen molar-refractivity contribution in [2.75, 3.05) is 60.0 Å². The summed E-state index contributed by atoms with van der Waals surface area (Å²) in [5.74, 6) is 1.81. The highest BCUT2D eigenvalue weighted by Gasteiger charge is 2.24. The van der Waals surface area contributed by atoms with Gasteiger partial charge in [0.15, 0.2) is 5.96 Å². The van der Waals surface area contributed by atoms with Crippen molar-refractivity contribution in [1.82, 2.24) is 20.4 Å². The number of aliphatic imine (C=N–C) groups is 1. The lowest BCUT2D eigenvalue weighted by molar-refractivity contribution is 0.245. The summed E-state index contributed by atoms with van der Waals surface area (Å²) in [4.78, 5) is 9.46. The van der Waals surface area contributed by atoms with Gasteiger partial charge in [-0.2, -0.15) is 0 Å². The zero-order chi connectivity index (χ0) is 20.9. The number of methoxy groups -OCH3 is 1. The smallest absolute Gasteiger partial charge is 0.191 e. The molecule has 6 heteroatoms. The lowest BCUT2D eigenvalue weighted by Crippen LogP contribution is -2.43. The molecule has 2 rings (SSSR count). The van der Waals surface area contributed by atoms with Gasteiger partial charge in [0.25, 0.3) is 0 Å². The minimum absolute atomic E-state index is 0.328. The number of nitrogens with one attached hydrogen (secondary N) is 2. The fraction of sp³-hybridized carbons (Fsp3) is 0.696. The van der Waals surface area contributed by atoms with Crippen molar-refractivity contribution in [2.45, 2.75) is 45.6 Å². The zero-order valence-electron chi connectivity index (χ0n) is 18.9. The Morgan fingerprint density at radius 3 is 2.59 bits per heavy atom. The summed E-state index contributed by atoms with van der Waals surface area (Å²) in [5, 5.41) is 7.03. The molecule has 0 amide bonds. The minimum atomic E-state index is 0.328. The molecule has 0 bridgehead atoms. The molecule has 1 aliphatic heterocycles. The van der Waals surface area contributed by atoms with Crippen LogP contribution in [0.2, 0.25) is 0 Å². The zero-order valence-corrected chi connectivity index (χ0v) is 18.9. The van der Waals surface area contributed by atoms with Gasteiger partial charge in [-0.25, -0.2) is 0 Å². The molecule has 1 atom stereocenters. The van der Waals surface area contributed by atoms with Crippen LogP contribution in [0.1, 0.15) is 51.1 Å². The molecule has 0 spiro atoms. The maximum atomic E-state index is 5.44. The van der Waals surface area contributed by atoms with Crippen LogP contribution in [0.15, 0.2) is 29.3 Å². The van der Waals surface area contributed by atoms with E-state index in [1.165, 1.54) is 31.4 Å². The highest BCUT2D eigenvalue weighted by Crippen LogP contribution is 2.27. The number of ether oxygens (including phenoxy) is 1. The molecule has 1 aromatic carbocycles. The Bertz CT molecular complexity index is 597. The first-order valence-corrected chi connectivity index (χ1v) is 11.3. The third-order valence-electron chi connectivity index (χ3n) is 5.83. The van der Waals surface area contributed by atoms with E-state index >= 15 is 0 Å². The predicted molar refractivity (Wildman–Crippen MR) is 123 cm³/mol. The van der Waals surface area contributed by atoms with E-state index in [2.05, 4.69) is 57.5 Å². The van der Waals surface area contributed by atoms with Gasteiger partial charge in [-0.1, -0.05) is 26.0 Å². The molecule has 0 radical (unpaired) electrons. The molecule has 1 aromatic rings. The number of hydrogen-bond donors (Lipinski definition) is 2. The van der Waals surface area contributed by atoms with Crippen molar-refractivity contribution in [3.8, 4) is 5.75 Å². The van der Waals surface area contributed by atoms with Crippen LogP contribution < -0.4 is 15.4 Å². The van der Waals surface area contributed by atoms with Gasteiger partial charge in [-0.15, -0.1) is 0 Å². The van der Waals surface area contributed by atoms with Crippen molar-refractivity contribution < 1.29 is 4.74 Å². The summed E-state index contributed by atoms with van der Waals surface area (Å²) in [6, 6.07) is 8.79. The van der Waals surface area contributed by atoms with Crippen molar-refractivity contribution in [2.24, 2.45) is 4.99 Å². The summed E-state index contributed by atoms with van der Waals surface area (Å²) < 4.78 is 5.44. The number of hydrogen-bond acceptors (Lipinski definition) is 4. The summed E-state index contributed by atoms with van der Waals surface area (Å²) in [7, 11) is 3.58. The van der Waals surface area contributed by atoms with Crippen LogP contribution >= 0.6 is 0 Å². The highest BCUT2D eigenvalue weighted by molar-refractivity contribution is 5.79. The number of benzene rings is 1. The van der Waals surface area contributed by atoms with Gasteiger partial charge in [0.1, 0.15) is 5.75 Å². The van der Waals surface area contributed by atoms with E-state index in [1.54, 1.807) is 7.11 Å². The predicted octanol–water partition coefficient (Wildman–Crippen LogP) is 3.12. The van der Waals surface area contributed by atoms with Crippen LogP contribution in [-0.2, 0) is 0 Å². The highest BCUT2D eigenvalue weighted by atomic mass is 16.5. The van der Waals surface area contributed by atoms with E-state index < -0.39 is 0 Å². The Morgan fingerprint density at radius 2 is 1.93 bits per heavy atom. The average molecular weight is 404 g/mol. The third-order valence-corrected chi connectivity index (χ3v) is 5.83. The topological polar surface area (TPSA) is 52.1 Å². The van der Waals surface area contributed by atoms with Crippen molar-refractivity contribution in [1.29, 1.82) is 0 Å². The Hall–Kier alpha value is -1.79. The summed E-state index contributed by atoms with van der Waals surface area (Å²) in [6.45, 7) is 12.0. The van der Waals surface area contributed by atoms with Crippen molar-refractivity contribution >= 4 is 5.96 Å². The van der Waals surface area contributed by atoms with Gasteiger partial charge in [0, 0.05) is 20.1 Å². The minimum Gasteiger partial charge on any atom is -0.497 e. The maximum absolute atomic E-state index is 5.44. The molecule has 1 fully saturated rings. The Kier molecular flexibility index (Phi) is 10.9. The van der Waals surface area contributed by atoms with Gasteiger partial charge >= 0.3 is 0 Å². The van der Waals surface area contributed by atoms with Crippen molar-refractivity contribution in [3.63, 3.8) is 0 Å². The Labute approximate surface area is 177 Å². The van der Waals surface area contributed by atoms with Gasteiger partial charge < -0.3 is 20.3 Å². The van der Waals surface area contributed by atoms with Crippen LogP contribution in [0, 0.1) is 0 Å². The first-order chi connectivity index (χ1) is 14.2. The fourth-order valence-corrected chi connectivity index (χ4v) is 3.98. The molecule has 1 unspecified atom stereocenters.